The van der Waals surface area contributed by atoms with Gasteiger partial charge in [-0.3, -0.25) is 4.79 Å². The lowest BCUT2D eigenvalue weighted by atomic mass is 10.2. The number of halogens is 2. The van der Waals surface area contributed by atoms with Crippen molar-refractivity contribution in [1.82, 2.24) is 0 Å². The minimum Gasteiger partial charge on any atom is -0.462 e. The Labute approximate surface area is 166 Å². The average molecular weight is 404 g/mol. The van der Waals surface area contributed by atoms with Crippen LogP contribution in [0, 0.1) is 11.3 Å². The molecule has 2 N–H and O–H groups in total. The highest BCUT2D eigenvalue weighted by molar-refractivity contribution is 6.35. The van der Waals surface area contributed by atoms with Gasteiger partial charge in [-0.2, -0.15) is 5.26 Å². The van der Waals surface area contributed by atoms with Crippen molar-refractivity contribution in [1.29, 1.82) is 5.26 Å². The minimum absolute atomic E-state index is 0.152. The summed E-state index contributed by atoms with van der Waals surface area (Å²) < 4.78 is 4.89. The van der Waals surface area contributed by atoms with E-state index in [1.54, 1.807) is 37.3 Å². The Morgan fingerprint density at radius 1 is 1.11 bits per heavy atom. The summed E-state index contributed by atoms with van der Waals surface area (Å²) in [6, 6.07) is 12.7. The first kappa shape index (κ1) is 20.3. The molecule has 0 saturated carbocycles. The average Bonchev–Trinajstić information content (AvgIpc) is 2.62. The molecule has 2 rings (SSSR count). The molecule has 0 aliphatic carbocycles. The molecule has 0 aliphatic heterocycles. The van der Waals surface area contributed by atoms with Crippen molar-refractivity contribution in [2.24, 2.45) is 0 Å². The Hall–Kier alpha value is -3.01. The zero-order valence-electron chi connectivity index (χ0n) is 14.3. The summed E-state index contributed by atoms with van der Waals surface area (Å²) in [4.78, 5) is 23.8. The highest BCUT2D eigenvalue weighted by Crippen LogP contribution is 2.22. The molecular weight excluding hydrogens is 389 g/mol. The van der Waals surface area contributed by atoms with Gasteiger partial charge >= 0.3 is 5.97 Å². The van der Waals surface area contributed by atoms with Gasteiger partial charge in [0.15, 0.2) is 0 Å². The molecule has 2 aromatic rings. The lowest BCUT2D eigenvalue weighted by Gasteiger charge is -2.07. The molecule has 0 aliphatic rings. The molecule has 0 spiro atoms. The van der Waals surface area contributed by atoms with Crippen LogP contribution in [0.2, 0.25) is 10.0 Å². The van der Waals surface area contributed by atoms with Crippen LogP contribution in [0.25, 0.3) is 0 Å². The quantitative estimate of drug-likeness (QED) is 0.416. The molecule has 8 heteroatoms. The Morgan fingerprint density at radius 3 is 2.30 bits per heavy atom. The van der Waals surface area contributed by atoms with Crippen molar-refractivity contribution < 1.29 is 14.3 Å². The van der Waals surface area contributed by atoms with Gasteiger partial charge in [0, 0.05) is 27.6 Å². The second-order valence-corrected chi connectivity index (χ2v) is 6.10. The SMILES string of the molecule is CCOC(=O)c1ccc(NC(=O)/C(C#N)=C\Nc2cc(Cl)cc(Cl)c2)cc1. The van der Waals surface area contributed by atoms with Crippen molar-refractivity contribution in [2.45, 2.75) is 6.92 Å². The zero-order valence-corrected chi connectivity index (χ0v) is 15.8. The van der Waals surface area contributed by atoms with Crippen molar-refractivity contribution in [3.63, 3.8) is 0 Å². The fraction of sp³-hybridized carbons (Fsp3) is 0.105. The van der Waals surface area contributed by atoms with Crippen LogP contribution in [0.15, 0.2) is 54.2 Å². The Balaban J connectivity index is 2.06. The number of carbonyl (C=O) groups excluding carboxylic acids is 2. The predicted molar refractivity (Wildman–Crippen MR) is 105 cm³/mol. The number of rotatable bonds is 6. The highest BCUT2D eigenvalue weighted by Gasteiger charge is 2.11. The third-order valence-electron chi connectivity index (χ3n) is 3.26. The zero-order chi connectivity index (χ0) is 19.8. The number of anilines is 2. The van der Waals surface area contributed by atoms with Crippen LogP contribution < -0.4 is 10.6 Å². The number of benzene rings is 2. The molecule has 27 heavy (non-hydrogen) atoms. The van der Waals surface area contributed by atoms with Crippen molar-refractivity contribution in [2.75, 3.05) is 17.2 Å². The summed E-state index contributed by atoms with van der Waals surface area (Å²) in [6.07, 6.45) is 1.25. The molecule has 6 nitrogen and oxygen atoms in total. The van der Waals surface area contributed by atoms with E-state index in [0.29, 0.717) is 27.0 Å². The summed E-state index contributed by atoms with van der Waals surface area (Å²) in [5.41, 5.74) is 1.18. The van der Waals surface area contributed by atoms with Gasteiger partial charge in [-0.25, -0.2) is 4.79 Å². The number of ether oxygens (including phenoxy) is 1. The van der Waals surface area contributed by atoms with E-state index in [9.17, 15) is 14.9 Å². The fourth-order valence-electron chi connectivity index (χ4n) is 2.04. The van der Waals surface area contributed by atoms with Crippen molar-refractivity contribution >= 4 is 46.5 Å². The van der Waals surface area contributed by atoms with E-state index in [2.05, 4.69) is 10.6 Å². The van der Waals surface area contributed by atoms with Gasteiger partial charge in [0.05, 0.1) is 12.2 Å². The molecule has 138 valence electrons. The maximum Gasteiger partial charge on any atom is 0.338 e. The molecule has 0 radical (unpaired) electrons. The monoisotopic (exact) mass is 403 g/mol. The highest BCUT2D eigenvalue weighted by atomic mass is 35.5. The largest absolute Gasteiger partial charge is 0.462 e. The third kappa shape index (κ3) is 6.03. The Bertz CT molecular complexity index is 899. The van der Waals surface area contributed by atoms with E-state index in [1.807, 2.05) is 6.07 Å². The molecular formula is C19H15Cl2N3O3. The first-order valence-corrected chi connectivity index (χ1v) is 8.60. The summed E-state index contributed by atoms with van der Waals surface area (Å²) in [5, 5.41) is 15.4. The van der Waals surface area contributed by atoms with Gasteiger partial charge in [0.2, 0.25) is 0 Å². The number of nitrogens with one attached hydrogen (secondary N) is 2. The Kier molecular flexibility index (Phi) is 7.24. The number of hydrogen-bond donors (Lipinski definition) is 2. The Morgan fingerprint density at radius 2 is 1.74 bits per heavy atom. The number of hydrogen-bond acceptors (Lipinski definition) is 5. The second-order valence-electron chi connectivity index (χ2n) is 5.22. The van der Waals surface area contributed by atoms with Crippen LogP contribution in [0.4, 0.5) is 11.4 Å². The maximum atomic E-state index is 12.2. The number of nitriles is 1. The molecule has 2 aromatic carbocycles. The molecule has 0 bridgehead atoms. The van der Waals surface area contributed by atoms with Gasteiger partial charge < -0.3 is 15.4 Å². The van der Waals surface area contributed by atoms with Gasteiger partial charge in [0.25, 0.3) is 5.91 Å². The first-order valence-electron chi connectivity index (χ1n) is 7.84. The molecule has 0 fully saturated rings. The molecule has 0 heterocycles. The van der Waals surface area contributed by atoms with Crippen LogP contribution in [-0.2, 0) is 9.53 Å². The number of carbonyl (C=O) groups is 2. The van der Waals surface area contributed by atoms with E-state index in [4.69, 9.17) is 27.9 Å². The summed E-state index contributed by atoms with van der Waals surface area (Å²) in [5.74, 6) is -1.06. The van der Waals surface area contributed by atoms with Crippen LogP contribution in [-0.4, -0.2) is 18.5 Å². The van der Waals surface area contributed by atoms with Crippen molar-refractivity contribution in [3.8, 4) is 6.07 Å². The summed E-state index contributed by atoms with van der Waals surface area (Å²) >= 11 is 11.8. The third-order valence-corrected chi connectivity index (χ3v) is 3.70. The van der Waals surface area contributed by atoms with E-state index >= 15 is 0 Å². The normalized spacial score (nSPS) is 10.7. The minimum atomic E-state index is -0.609. The summed E-state index contributed by atoms with van der Waals surface area (Å²) in [6.45, 7) is 1.99. The van der Waals surface area contributed by atoms with Crippen LogP contribution in [0.1, 0.15) is 17.3 Å². The van der Waals surface area contributed by atoms with E-state index < -0.39 is 11.9 Å². The van der Waals surface area contributed by atoms with Gasteiger partial charge in [-0.15, -0.1) is 0 Å². The van der Waals surface area contributed by atoms with E-state index in [1.165, 1.54) is 18.3 Å². The number of esters is 1. The van der Waals surface area contributed by atoms with Gasteiger partial charge in [0.1, 0.15) is 11.6 Å². The van der Waals surface area contributed by atoms with Gasteiger partial charge in [-0.1, -0.05) is 23.2 Å². The van der Waals surface area contributed by atoms with E-state index in [-0.39, 0.29) is 12.2 Å². The fourth-order valence-corrected chi connectivity index (χ4v) is 2.57. The maximum absolute atomic E-state index is 12.2. The standard InChI is InChI=1S/C19H15Cl2N3O3/c1-2-27-19(26)12-3-5-16(6-4-12)24-18(25)13(10-22)11-23-17-8-14(20)7-15(21)9-17/h3-9,11,23H,2H2,1H3,(H,24,25)/b13-11-. The lowest BCUT2D eigenvalue weighted by molar-refractivity contribution is -0.112. The molecule has 0 atom stereocenters. The molecule has 0 saturated heterocycles. The topological polar surface area (TPSA) is 91.2 Å². The molecule has 0 aromatic heterocycles. The second kappa shape index (κ2) is 9.62. The summed E-state index contributed by atoms with van der Waals surface area (Å²) in [7, 11) is 0. The van der Waals surface area contributed by atoms with Gasteiger partial charge in [-0.05, 0) is 49.4 Å². The predicted octanol–water partition coefficient (Wildman–Crippen LogP) is 4.63. The first-order chi connectivity index (χ1) is 12.9. The van der Waals surface area contributed by atoms with Crippen LogP contribution in [0.3, 0.4) is 0 Å². The van der Waals surface area contributed by atoms with Crippen LogP contribution >= 0.6 is 23.2 Å². The molecule has 1 amide bonds. The lowest BCUT2D eigenvalue weighted by Crippen LogP contribution is -2.14. The van der Waals surface area contributed by atoms with Crippen LogP contribution in [0.5, 0.6) is 0 Å². The van der Waals surface area contributed by atoms with E-state index in [0.717, 1.165) is 0 Å². The molecule has 0 unspecified atom stereocenters. The smallest absolute Gasteiger partial charge is 0.338 e. The van der Waals surface area contributed by atoms with Crippen molar-refractivity contribution in [3.05, 3.63) is 69.8 Å². The number of nitrogens with zero attached hydrogens (tertiary/aromatic N) is 1. The number of amides is 1.